The summed E-state index contributed by atoms with van der Waals surface area (Å²) in [6.07, 6.45) is 0.713. The molecule has 0 bridgehead atoms. The molecule has 2 nitrogen and oxygen atoms in total. The summed E-state index contributed by atoms with van der Waals surface area (Å²) in [6.45, 7) is 8.76. The predicted molar refractivity (Wildman–Crippen MR) is 101 cm³/mol. The van der Waals surface area contributed by atoms with Crippen molar-refractivity contribution in [3.8, 4) is 11.5 Å². The number of rotatable bonds is 7. The Labute approximate surface area is 154 Å². The topological polar surface area (TPSA) is 18.5 Å². The molecule has 2 aromatic rings. The van der Waals surface area contributed by atoms with Gasteiger partial charge in [-0.25, -0.2) is 4.39 Å². The van der Waals surface area contributed by atoms with Gasteiger partial charge in [-0.1, -0.05) is 51.4 Å². The molecule has 0 amide bonds. The number of hydrogen-bond acceptors (Lipinski definition) is 2. The molecule has 1 atom stereocenters. The number of halogens is 2. The SMILES string of the molecule is COC(Cc1ccc(F)c(Oc2cccc(Cl)c2)c1)C(C)(C)C(C)C. The minimum Gasteiger partial charge on any atom is -0.454 e. The highest BCUT2D eigenvalue weighted by atomic mass is 35.5. The molecule has 4 heteroatoms. The van der Waals surface area contributed by atoms with Crippen LogP contribution in [0, 0.1) is 17.2 Å². The van der Waals surface area contributed by atoms with Crippen LogP contribution in [-0.4, -0.2) is 13.2 Å². The molecule has 0 aliphatic rings. The summed E-state index contributed by atoms with van der Waals surface area (Å²) in [5.74, 6) is 0.757. The molecular formula is C21H26ClFO2. The zero-order valence-electron chi connectivity index (χ0n) is 15.5. The summed E-state index contributed by atoms with van der Waals surface area (Å²) in [5.41, 5.74) is 0.968. The Morgan fingerprint density at radius 1 is 1.12 bits per heavy atom. The van der Waals surface area contributed by atoms with Crippen molar-refractivity contribution in [2.75, 3.05) is 7.11 Å². The largest absolute Gasteiger partial charge is 0.454 e. The average Bonchev–Trinajstić information content (AvgIpc) is 2.55. The zero-order chi connectivity index (χ0) is 18.6. The second-order valence-electron chi connectivity index (χ2n) is 7.23. The molecule has 136 valence electrons. The predicted octanol–water partition coefficient (Wildman–Crippen LogP) is 6.51. The highest BCUT2D eigenvalue weighted by Crippen LogP contribution is 2.35. The van der Waals surface area contributed by atoms with Crippen LogP contribution in [0.5, 0.6) is 11.5 Å². The van der Waals surface area contributed by atoms with E-state index in [2.05, 4.69) is 27.7 Å². The maximum atomic E-state index is 14.1. The molecule has 0 N–H and O–H groups in total. The summed E-state index contributed by atoms with van der Waals surface area (Å²) in [6, 6.07) is 11.9. The van der Waals surface area contributed by atoms with E-state index in [1.165, 1.54) is 6.07 Å². The van der Waals surface area contributed by atoms with E-state index >= 15 is 0 Å². The van der Waals surface area contributed by atoms with Crippen molar-refractivity contribution in [3.63, 3.8) is 0 Å². The summed E-state index contributed by atoms with van der Waals surface area (Å²) in [5, 5.41) is 0.548. The van der Waals surface area contributed by atoms with Gasteiger partial charge in [-0.05, 0) is 53.6 Å². The fraction of sp³-hybridized carbons (Fsp3) is 0.429. The van der Waals surface area contributed by atoms with E-state index in [-0.39, 0.29) is 17.3 Å². The molecule has 0 heterocycles. The van der Waals surface area contributed by atoms with E-state index in [0.29, 0.717) is 23.1 Å². The summed E-state index contributed by atoms with van der Waals surface area (Å²) in [4.78, 5) is 0. The third-order valence-corrected chi connectivity index (χ3v) is 5.28. The van der Waals surface area contributed by atoms with E-state index in [4.69, 9.17) is 21.1 Å². The van der Waals surface area contributed by atoms with Gasteiger partial charge < -0.3 is 9.47 Å². The van der Waals surface area contributed by atoms with Gasteiger partial charge >= 0.3 is 0 Å². The van der Waals surface area contributed by atoms with E-state index < -0.39 is 5.82 Å². The van der Waals surface area contributed by atoms with Gasteiger partial charge in [0.15, 0.2) is 11.6 Å². The molecule has 2 rings (SSSR count). The Hall–Kier alpha value is -1.58. The van der Waals surface area contributed by atoms with E-state index in [1.807, 2.05) is 0 Å². The minimum atomic E-state index is -0.402. The fourth-order valence-electron chi connectivity index (χ4n) is 2.65. The maximum absolute atomic E-state index is 14.1. The highest BCUT2D eigenvalue weighted by molar-refractivity contribution is 6.30. The summed E-state index contributed by atoms with van der Waals surface area (Å²) < 4.78 is 25.6. The van der Waals surface area contributed by atoms with Crippen molar-refractivity contribution in [1.29, 1.82) is 0 Å². The first kappa shape index (κ1) is 19.7. The van der Waals surface area contributed by atoms with Crippen LogP contribution in [0.2, 0.25) is 5.02 Å². The van der Waals surface area contributed by atoms with Crippen molar-refractivity contribution in [2.45, 2.75) is 40.2 Å². The van der Waals surface area contributed by atoms with Crippen LogP contribution >= 0.6 is 11.6 Å². The van der Waals surface area contributed by atoms with E-state index in [0.717, 1.165) is 5.56 Å². The smallest absolute Gasteiger partial charge is 0.165 e. The van der Waals surface area contributed by atoms with Gasteiger partial charge in [0.1, 0.15) is 5.75 Å². The first-order valence-corrected chi connectivity index (χ1v) is 8.86. The number of benzene rings is 2. The minimum absolute atomic E-state index is 0.00287. The molecule has 0 aliphatic heterocycles. The summed E-state index contributed by atoms with van der Waals surface area (Å²) >= 11 is 5.96. The molecule has 0 spiro atoms. The molecule has 0 fully saturated rings. The molecular weight excluding hydrogens is 339 g/mol. The average molecular weight is 365 g/mol. The maximum Gasteiger partial charge on any atom is 0.165 e. The van der Waals surface area contributed by atoms with Gasteiger partial charge in [-0.15, -0.1) is 0 Å². The Balaban J connectivity index is 2.23. The van der Waals surface area contributed by atoms with Crippen molar-refractivity contribution < 1.29 is 13.9 Å². The second kappa shape index (κ2) is 8.20. The lowest BCUT2D eigenvalue weighted by atomic mass is 9.74. The molecule has 2 aromatic carbocycles. The van der Waals surface area contributed by atoms with Crippen LogP contribution in [-0.2, 0) is 11.2 Å². The molecule has 0 saturated carbocycles. The quantitative estimate of drug-likeness (QED) is 0.557. The van der Waals surface area contributed by atoms with Gasteiger partial charge in [0, 0.05) is 12.1 Å². The molecule has 0 aromatic heterocycles. The van der Waals surface area contributed by atoms with E-state index in [9.17, 15) is 4.39 Å². The Bertz CT molecular complexity index is 713. The number of ether oxygens (including phenoxy) is 2. The molecule has 0 aliphatic carbocycles. The third-order valence-electron chi connectivity index (χ3n) is 5.04. The van der Waals surface area contributed by atoms with Crippen LogP contribution < -0.4 is 4.74 Å². The van der Waals surface area contributed by atoms with Crippen molar-refractivity contribution >= 4 is 11.6 Å². The second-order valence-corrected chi connectivity index (χ2v) is 7.67. The molecule has 1 unspecified atom stereocenters. The first-order chi connectivity index (χ1) is 11.7. The van der Waals surface area contributed by atoms with Crippen LogP contribution in [0.25, 0.3) is 0 Å². The Morgan fingerprint density at radius 3 is 2.44 bits per heavy atom. The third kappa shape index (κ3) is 4.96. The van der Waals surface area contributed by atoms with Gasteiger partial charge in [-0.3, -0.25) is 0 Å². The van der Waals surface area contributed by atoms with Crippen LogP contribution in [0.4, 0.5) is 4.39 Å². The molecule has 25 heavy (non-hydrogen) atoms. The van der Waals surface area contributed by atoms with Crippen LogP contribution in [0.1, 0.15) is 33.3 Å². The summed E-state index contributed by atoms with van der Waals surface area (Å²) in [7, 11) is 1.72. The monoisotopic (exact) mass is 364 g/mol. The lowest BCUT2D eigenvalue weighted by Crippen LogP contribution is -2.37. The number of hydrogen-bond donors (Lipinski definition) is 0. The van der Waals surface area contributed by atoms with Gasteiger partial charge in [-0.2, -0.15) is 0 Å². The van der Waals surface area contributed by atoms with E-state index in [1.54, 1.807) is 43.5 Å². The Morgan fingerprint density at radius 2 is 1.84 bits per heavy atom. The van der Waals surface area contributed by atoms with Crippen molar-refractivity contribution in [2.24, 2.45) is 11.3 Å². The normalized spacial score (nSPS) is 13.1. The van der Waals surface area contributed by atoms with Crippen LogP contribution in [0.3, 0.4) is 0 Å². The lowest BCUT2D eigenvalue weighted by molar-refractivity contribution is -0.0180. The standard InChI is InChI=1S/C21H26ClFO2/c1-14(2)21(3,4)20(24-5)12-15-9-10-18(23)19(11-15)25-17-8-6-7-16(22)13-17/h6-11,13-14,20H,12H2,1-5H3. The molecule has 0 radical (unpaired) electrons. The lowest BCUT2D eigenvalue weighted by Gasteiger charge is -2.37. The van der Waals surface area contributed by atoms with Gasteiger partial charge in [0.25, 0.3) is 0 Å². The van der Waals surface area contributed by atoms with Crippen molar-refractivity contribution in [1.82, 2.24) is 0 Å². The van der Waals surface area contributed by atoms with Crippen molar-refractivity contribution in [3.05, 3.63) is 58.9 Å². The number of methoxy groups -OCH3 is 1. The van der Waals surface area contributed by atoms with Gasteiger partial charge in [0.05, 0.1) is 6.10 Å². The van der Waals surface area contributed by atoms with Gasteiger partial charge in [0.2, 0.25) is 0 Å². The fourth-order valence-corrected chi connectivity index (χ4v) is 2.83. The zero-order valence-corrected chi connectivity index (χ0v) is 16.2. The highest BCUT2D eigenvalue weighted by Gasteiger charge is 2.32. The first-order valence-electron chi connectivity index (χ1n) is 8.48. The van der Waals surface area contributed by atoms with Crippen LogP contribution in [0.15, 0.2) is 42.5 Å². The molecule has 0 saturated heterocycles. The Kier molecular flexibility index (Phi) is 6.47.